The van der Waals surface area contributed by atoms with Crippen molar-refractivity contribution in [2.24, 2.45) is 0 Å². The van der Waals surface area contributed by atoms with E-state index in [2.05, 4.69) is 75.1 Å². The normalized spacial score (nSPS) is 6.32. The Labute approximate surface area is 227 Å². The van der Waals surface area contributed by atoms with Crippen LogP contribution in [-0.2, 0) is 6.61 Å². The molecule has 3 aromatic heterocycles. The predicted molar refractivity (Wildman–Crippen MR) is 154 cm³/mol. The van der Waals surface area contributed by atoms with Crippen LogP contribution in [0.5, 0.6) is 5.75 Å². The van der Waals surface area contributed by atoms with E-state index in [1.165, 1.54) is 0 Å². The Kier molecular flexibility index (Phi) is 29.7. The average Bonchev–Trinajstić information content (AvgIpc) is 3.32. The van der Waals surface area contributed by atoms with Gasteiger partial charge in [-0.25, -0.2) is 9.97 Å². The third-order valence-electron chi connectivity index (χ3n) is 3.19. The van der Waals surface area contributed by atoms with Crippen molar-refractivity contribution in [3.8, 4) is 77.3 Å². The summed E-state index contributed by atoms with van der Waals surface area (Å²) in [6, 6.07) is 9.69. The molecule has 0 aliphatic carbocycles. The molecule has 0 bridgehead atoms. The number of ether oxygens (including phenoxy) is 1. The highest BCUT2D eigenvalue weighted by Gasteiger charge is 2.02. The molecule has 0 aromatic carbocycles. The first kappa shape index (κ1) is 39.1. The summed E-state index contributed by atoms with van der Waals surface area (Å²) in [4.78, 5) is 23.2. The predicted octanol–water partition coefficient (Wildman–Crippen LogP) is 5.16. The lowest BCUT2D eigenvalue weighted by Gasteiger charge is -2.00. The van der Waals surface area contributed by atoms with Crippen molar-refractivity contribution < 1.29 is 19.5 Å². The first-order valence-electron chi connectivity index (χ1n) is 9.31. The molecule has 0 fully saturated rings. The Bertz CT molecular complexity index is 1440. The molecule has 198 valence electrons. The van der Waals surface area contributed by atoms with E-state index in [1.54, 1.807) is 11.8 Å². The van der Waals surface area contributed by atoms with E-state index in [1.807, 2.05) is 59.5 Å². The maximum atomic E-state index is 7.00. The second-order valence-corrected chi connectivity index (χ2v) is 5.34. The summed E-state index contributed by atoms with van der Waals surface area (Å²) in [5, 5.41) is 0. The molecule has 0 saturated carbocycles. The lowest BCUT2D eigenvalue weighted by Crippen LogP contribution is -2.00. The lowest BCUT2D eigenvalue weighted by atomic mass is 10.4. The smallest absolute Gasteiger partial charge is 0.170 e. The molecule has 0 spiro atoms. The molecular formula is C28H32N6O4. The van der Waals surface area contributed by atoms with E-state index in [9.17, 15) is 0 Å². The number of nitrogens with zero attached hydrogens (tertiary/aromatic N) is 4. The van der Waals surface area contributed by atoms with Gasteiger partial charge in [0.2, 0.25) is 0 Å². The molecule has 0 unspecified atom stereocenters. The van der Waals surface area contributed by atoms with Gasteiger partial charge in [0.05, 0.1) is 5.69 Å². The van der Waals surface area contributed by atoms with Gasteiger partial charge in [0.25, 0.3) is 0 Å². The van der Waals surface area contributed by atoms with Crippen molar-refractivity contribution in [1.82, 2.24) is 9.38 Å². The Morgan fingerprint density at radius 2 is 1.55 bits per heavy atom. The highest BCUT2D eigenvalue weighted by Crippen LogP contribution is 2.10. The fourth-order valence-electron chi connectivity index (χ4n) is 2.00. The SMILES string of the molecule is C.C.C#CC#CC#CC#CC#CC#CC.O=O.[HH].[HH].[HH].[N-]=[N+]=N.[OH-].c1ccn2cc(COc3cc[nH+]cc3)nc2c1. The zero-order valence-corrected chi connectivity index (χ0v) is 18.9. The van der Waals surface area contributed by atoms with Gasteiger partial charge in [0.15, 0.2) is 12.4 Å². The number of hydrogen-bond acceptors (Lipinski definition) is 6. The molecule has 3 N–H and O–H groups in total. The van der Waals surface area contributed by atoms with Gasteiger partial charge in [-0.1, -0.05) is 26.8 Å². The molecule has 38 heavy (non-hydrogen) atoms. The van der Waals surface area contributed by atoms with Crippen LogP contribution in [0.1, 0.15) is 31.8 Å². The summed E-state index contributed by atoms with van der Waals surface area (Å²) in [6.07, 6.45) is 12.5. The van der Waals surface area contributed by atoms with Gasteiger partial charge in [0, 0.05) is 38.7 Å². The highest BCUT2D eigenvalue weighted by molar-refractivity contribution is 5.43. The minimum Gasteiger partial charge on any atom is -0.870 e. The molecule has 10 heteroatoms. The van der Waals surface area contributed by atoms with Crippen LogP contribution in [0.2, 0.25) is 0 Å². The van der Waals surface area contributed by atoms with Crippen molar-refractivity contribution in [2.75, 3.05) is 0 Å². The van der Waals surface area contributed by atoms with Gasteiger partial charge in [-0.15, -0.1) is 12.0 Å². The zero-order chi connectivity index (χ0) is 26.0. The van der Waals surface area contributed by atoms with Gasteiger partial charge in [-0.3, -0.25) is 0 Å². The van der Waals surface area contributed by atoms with E-state index in [4.69, 9.17) is 32.2 Å². The van der Waals surface area contributed by atoms with E-state index in [0.717, 1.165) is 17.1 Å². The number of nitrogens with one attached hydrogen (secondary N) is 2. The molecule has 0 radical (unpaired) electrons. The highest BCUT2D eigenvalue weighted by atomic mass is 16.7. The van der Waals surface area contributed by atoms with Gasteiger partial charge in [-0.05, 0) is 88.7 Å². The Morgan fingerprint density at radius 3 is 2.05 bits per heavy atom. The monoisotopic (exact) mass is 516 g/mol. The van der Waals surface area contributed by atoms with Crippen LogP contribution in [-0.4, -0.2) is 14.9 Å². The Morgan fingerprint density at radius 1 is 1.03 bits per heavy atom. The first-order chi connectivity index (χ1) is 17.2. The van der Waals surface area contributed by atoms with Crippen molar-refractivity contribution in [3.63, 3.8) is 0 Å². The third kappa shape index (κ3) is 19.3. The fraction of sp³-hybridized carbons (Fsp3) is 0.143. The number of rotatable bonds is 3. The van der Waals surface area contributed by atoms with Crippen molar-refractivity contribution >= 4 is 5.65 Å². The topological polar surface area (TPSA) is 165 Å². The lowest BCUT2D eigenvalue weighted by molar-refractivity contribution is -0.378. The van der Waals surface area contributed by atoms with Crippen LogP contribution in [0.4, 0.5) is 0 Å². The molecule has 0 aliphatic heterocycles. The van der Waals surface area contributed by atoms with E-state index in [-0.39, 0.29) is 24.6 Å². The maximum absolute atomic E-state index is 7.00. The second-order valence-electron chi connectivity index (χ2n) is 5.34. The minimum atomic E-state index is 0. The summed E-state index contributed by atoms with van der Waals surface area (Å²) in [6.45, 7) is 2.18. The number of aromatic amines is 1. The average molecular weight is 517 g/mol. The summed E-state index contributed by atoms with van der Waals surface area (Å²) in [7, 11) is 0. The van der Waals surface area contributed by atoms with Crippen molar-refractivity contribution in [1.29, 1.82) is 5.53 Å². The van der Waals surface area contributed by atoms with Gasteiger partial charge >= 0.3 is 0 Å². The molecule has 0 atom stereocenters. The minimum absolute atomic E-state index is 0. The molecular weight excluding hydrogens is 484 g/mol. The number of H-pyrrole nitrogens is 1. The molecule has 10 nitrogen and oxygen atoms in total. The van der Waals surface area contributed by atoms with E-state index < -0.39 is 0 Å². The summed E-state index contributed by atoms with van der Waals surface area (Å²) in [5.41, 5.74) is 14.1. The number of pyridine rings is 2. The standard InChI is InChI=1S/C13H11N3O.C13H4.2CH4.HN3.O2.H2O.3H2/c1-2-8-16-9-11(15-13(16)3-1)10-17-12-4-6-14-7-5-12;1-3-5-7-9-11-13-12-10-8-6-4-2;;;1-3-2;1-2;;;;/h1-9H,10H2;1H,2H3;2*1H4;1H;;1H2;3*1H. The zero-order valence-electron chi connectivity index (χ0n) is 18.9. The van der Waals surface area contributed by atoms with Crippen LogP contribution in [0.25, 0.3) is 16.1 Å². The fourth-order valence-corrected chi connectivity index (χ4v) is 2.00. The second kappa shape index (κ2) is 28.9. The van der Waals surface area contributed by atoms with Crippen molar-refractivity contribution in [3.05, 3.63) is 81.2 Å². The summed E-state index contributed by atoms with van der Waals surface area (Å²) in [5.74, 6) is 27.8. The molecule has 0 aliphatic rings. The van der Waals surface area contributed by atoms with E-state index >= 15 is 0 Å². The number of hydrogen-bond donors (Lipinski definition) is 1. The van der Waals surface area contributed by atoms with Crippen LogP contribution < -0.4 is 9.72 Å². The third-order valence-corrected chi connectivity index (χ3v) is 3.19. The molecule has 0 amide bonds. The maximum Gasteiger partial charge on any atom is 0.170 e. The molecule has 3 heterocycles. The van der Waals surface area contributed by atoms with Crippen LogP contribution >= 0.6 is 0 Å². The number of imidazole rings is 1. The van der Waals surface area contributed by atoms with Crippen LogP contribution in [0, 0.1) is 87.0 Å². The molecule has 0 saturated heterocycles. The quantitative estimate of drug-likeness (QED) is 0.219. The van der Waals surface area contributed by atoms with Gasteiger partial charge in [-0.2, -0.15) is 0 Å². The van der Waals surface area contributed by atoms with E-state index in [0.29, 0.717) is 6.61 Å². The van der Waals surface area contributed by atoms with Gasteiger partial charge in [0.1, 0.15) is 18.0 Å². The first-order valence-corrected chi connectivity index (χ1v) is 9.31. The summed E-state index contributed by atoms with van der Waals surface area (Å²) < 4.78 is 7.61. The Hall–Kier alpha value is -6.13. The molecule has 3 rings (SSSR count). The molecule has 3 aromatic rings. The van der Waals surface area contributed by atoms with Crippen LogP contribution in [0.3, 0.4) is 0 Å². The number of fused-ring (bicyclic) bond motifs is 1. The number of terminal acetylenes is 1. The largest absolute Gasteiger partial charge is 0.870 e. The number of aromatic nitrogens is 3. The van der Waals surface area contributed by atoms with Crippen molar-refractivity contribution in [2.45, 2.75) is 28.4 Å². The van der Waals surface area contributed by atoms with Gasteiger partial charge < -0.3 is 14.6 Å². The Balaban J connectivity index is -0.0000000883. The summed E-state index contributed by atoms with van der Waals surface area (Å²) >= 11 is 0. The van der Waals surface area contributed by atoms with Crippen LogP contribution in [0.15, 0.2) is 55.1 Å².